The van der Waals surface area contributed by atoms with Gasteiger partial charge in [-0.1, -0.05) is 18.2 Å². The van der Waals surface area contributed by atoms with E-state index in [2.05, 4.69) is 15.3 Å². The molecule has 0 aliphatic heterocycles. The third kappa shape index (κ3) is 4.48. The van der Waals surface area contributed by atoms with E-state index in [9.17, 15) is 9.18 Å². The van der Waals surface area contributed by atoms with Crippen LogP contribution in [-0.2, 0) is 17.8 Å². The normalized spacial score (nSPS) is 10.7. The summed E-state index contributed by atoms with van der Waals surface area (Å²) in [7, 11) is 0. The number of imidazole rings is 1. The zero-order chi connectivity index (χ0) is 16.8. The van der Waals surface area contributed by atoms with Crippen molar-refractivity contribution in [3.63, 3.8) is 0 Å². The second-order valence-corrected chi connectivity index (χ2v) is 6.47. The fraction of sp³-hybridized carbons (Fsp3) is 0.235. The number of hydrogen-bond donors (Lipinski definition) is 1. The number of aryl methyl sites for hydroxylation is 1. The predicted molar refractivity (Wildman–Crippen MR) is 91.4 cm³/mol. The molecule has 1 amide bonds. The molecule has 1 aromatic carbocycles. The van der Waals surface area contributed by atoms with Crippen molar-refractivity contribution in [1.29, 1.82) is 0 Å². The summed E-state index contributed by atoms with van der Waals surface area (Å²) in [6.07, 6.45) is 8.61. The Hall–Kier alpha value is -2.54. The van der Waals surface area contributed by atoms with Crippen LogP contribution in [0.25, 0.3) is 0 Å². The molecule has 2 heterocycles. The van der Waals surface area contributed by atoms with Crippen LogP contribution >= 0.6 is 11.3 Å². The summed E-state index contributed by atoms with van der Waals surface area (Å²) in [5.74, 6) is -0.294. The number of carbonyl (C=O) groups excluding carboxylic acids is 1. The van der Waals surface area contributed by atoms with Crippen LogP contribution in [0.3, 0.4) is 0 Å². The van der Waals surface area contributed by atoms with E-state index < -0.39 is 0 Å². The van der Waals surface area contributed by atoms with Crippen LogP contribution < -0.4 is 5.32 Å². The van der Waals surface area contributed by atoms with Gasteiger partial charge in [0.1, 0.15) is 5.82 Å². The average molecular weight is 344 g/mol. The van der Waals surface area contributed by atoms with Gasteiger partial charge in [0.25, 0.3) is 0 Å². The number of rotatable bonds is 7. The molecule has 5 nitrogen and oxygen atoms in total. The molecule has 0 fully saturated rings. The van der Waals surface area contributed by atoms with E-state index in [1.165, 1.54) is 17.4 Å². The van der Waals surface area contributed by atoms with Crippen molar-refractivity contribution in [2.45, 2.75) is 25.8 Å². The van der Waals surface area contributed by atoms with Crippen molar-refractivity contribution in [1.82, 2.24) is 14.5 Å². The van der Waals surface area contributed by atoms with Crippen LogP contribution in [0, 0.1) is 5.82 Å². The maximum atomic E-state index is 13.7. The molecule has 1 N–H and O–H groups in total. The van der Waals surface area contributed by atoms with Crippen LogP contribution in [0.4, 0.5) is 9.52 Å². The number of carbonyl (C=O) groups is 1. The summed E-state index contributed by atoms with van der Waals surface area (Å²) < 4.78 is 15.6. The molecule has 0 radical (unpaired) electrons. The zero-order valence-corrected chi connectivity index (χ0v) is 13.8. The number of anilines is 1. The molecular formula is C17H17FN4OS. The summed E-state index contributed by atoms with van der Waals surface area (Å²) in [6, 6.07) is 6.67. The van der Waals surface area contributed by atoms with E-state index in [1.807, 2.05) is 16.8 Å². The maximum Gasteiger partial charge on any atom is 0.226 e. The molecular weight excluding hydrogens is 327 g/mol. The van der Waals surface area contributed by atoms with Gasteiger partial charge in [-0.15, -0.1) is 11.3 Å². The Labute approximate surface area is 143 Å². The third-order valence-corrected chi connectivity index (χ3v) is 4.41. The van der Waals surface area contributed by atoms with Gasteiger partial charge in [0.05, 0.1) is 6.33 Å². The molecule has 0 aliphatic rings. The Morgan fingerprint density at radius 2 is 2.21 bits per heavy atom. The van der Waals surface area contributed by atoms with Crippen LogP contribution in [0.2, 0.25) is 0 Å². The molecule has 124 valence electrons. The van der Waals surface area contributed by atoms with Gasteiger partial charge in [0, 0.05) is 42.9 Å². The minimum atomic E-state index is -0.226. The Morgan fingerprint density at radius 3 is 3.00 bits per heavy atom. The molecule has 3 aromatic rings. The van der Waals surface area contributed by atoms with Gasteiger partial charge in [0.15, 0.2) is 5.13 Å². The fourth-order valence-corrected chi connectivity index (χ4v) is 3.15. The highest BCUT2D eigenvalue weighted by atomic mass is 32.1. The molecule has 0 spiro atoms. The van der Waals surface area contributed by atoms with E-state index in [-0.39, 0.29) is 11.7 Å². The topological polar surface area (TPSA) is 59.8 Å². The Morgan fingerprint density at radius 1 is 1.33 bits per heavy atom. The lowest BCUT2D eigenvalue weighted by Crippen LogP contribution is -2.11. The van der Waals surface area contributed by atoms with Crippen molar-refractivity contribution in [2.75, 3.05) is 5.32 Å². The predicted octanol–water partition coefficient (Wildman–Crippen LogP) is 3.49. The number of halogens is 1. The van der Waals surface area contributed by atoms with E-state index in [0.717, 1.165) is 17.8 Å². The first-order chi connectivity index (χ1) is 11.7. The summed E-state index contributed by atoms with van der Waals surface area (Å²) in [5, 5.41) is 3.34. The minimum absolute atomic E-state index is 0.0677. The number of amides is 1. The summed E-state index contributed by atoms with van der Waals surface area (Å²) in [4.78, 5) is 21.0. The van der Waals surface area contributed by atoms with Crippen LogP contribution in [0.5, 0.6) is 0 Å². The lowest BCUT2D eigenvalue weighted by atomic mass is 10.1. The number of aromatic nitrogens is 3. The van der Waals surface area contributed by atoms with Gasteiger partial charge in [0.2, 0.25) is 5.91 Å². The molecule has 0 aliphatic carbocycles. The first kappa shape index (κ1) is 16.3. The van der Waals surface area contributed by atoms with Gasteiger partial charge in [-0.05, 0) is 18.1 Å². The summed E-state index contributed by atoms with van der Waals surface area (Å²) >= 11 is 1.37. The standard InChI is InChI=1S/C17H17FN4OS/c18-15-5-2-1-4-13(15)10-14-11-20-17(24-14)21-16(23)6-3-8-22-9-7-19-12-22/h1-2,4-5,7,9,11-12H,3,6,8,10H2,(H,20,21,23). The molecule has 0 saturated carbocycles. The van der Waals surface area contributed by atoms with E-state index in [4.69, 9.17) is 0 Å². The SMILES string of the molecule is O=C(CCCn1ccnc1)Nc1ncc(Cc2ccccc2F)s1. The van der Waals surface area contributed by atoms with E-state index in [0.29, 0.717) is 23.5 Å². The molecule has 0 saturated heterocycles. The molecule has 0 unspecified atom stereocenters. The molecule has 2 aromatic heterocycles. The van der Waals surface area contributed by atoms with Crippen molar-refractivity contribution in [3.8, 4) is 0 Å². The quantitative estimate of drug-likeness (QED) is 0.714. The average Bonchev–Trinajstić information content (AvgIpc) is 3.22. The molecule has 24 heavy (non-hydrogen) atoms. The maximum absolute atomic E-state index is 13.7. The van der Waals surface area contributed by atoms with Crippen molar-refractivity contribution in [2.24, 2.45) is 0 Å². The third-order valence-electron chi connectivity index (χ3n) is 3.50. The molecule has 7 heteroatoms. The Balaban J connectivity index is 1.48. The minimum Gasteiger partial charge on any atom is -0.337 e. The second kappa shape index (κ2) is 7.83. The van der Waals surface area contributed by atoms with E-state index in [1.54, 1.807) is 30.9 Å². The van der Waals surface area contributed by atoms with Crippen LogP contribution in [0.1, 0.15) is 23.3 Å². The largest absolute Gasteiger partial charge is 0.337 e. The Bertz CT molecular complexity index is 801. The number of thiazole rings is 1. The van der Waals surface area contributed by atoms with Crippen LogP contribution in [-0.4, -0.2) is 20.4 Å². The van der Waals surface area contributed by atoms with E-state index >= 15 is 0 Å². The summed E-state index contributed by atoms with van der Waals surface area (Å²) in [6.45, 7) is 0.754. The Kier molecular flexibility index (Phi) is 5.32. The summed E-state index contributed by atoms with van der Waals surface area (Å²) in [5.41, 5.74) is 0.624. The molecule has 3 rings (SSSR count). The zero-order valence-electron chi connectivity index (χ0n) is 13.0. The molecule has 0 bridgehead atoms. The smallest absolute Gasteiger partial charge is 0.226 e. The van der Waals surface area contributed by atoms with Gasteiger partial charge < -0.3 is 9.88 Å². The highest BCUT2D eigenvalue weighted by molar-refractivity contribution is 7.15. The number of nitrogens with zero attached hydrogens (tertiary/aromatic N) is 3. The van der Waals surface area contributed by atoms with Crippen molar-refractivity contribution >= 4 is 22.4 Å². The highest BCUT2D eigenvalue weighted by Crippen LogP contribution is 2.22. The van der Waals surface area contributed by atoms with Crippen molar-refractivity contribution < 1.29 is 9.18 Å². The van der Waals surface area contributed by atoms with Crippen LogP contribution in [0.15, 0.2) is 49.2 Å². The highest BCUT2D eigenvalue weighted by Gasteiger charge is 2.09. The monoisotopic (exact) mass is 344 g/mol. The van der Waals surface area contributed by atoms with Gasteiger partial charge in [-0.3, -0.25) is 4.79 Å². The lowest BCUT2D eigenvalue weighted by Gasteiger charge is -2.03. The lowest BCUT2D eigenvalue weighted by molar-refractivity contribution is -0.116. The number of nitrogens with one attached hydrogen (secondary N) is 1. The van der Waals surface area contributed by atoms with Gasteiger partial charge >= 0.3 is 0 Å². The van der Waals surface area contributed by atoms with Crippen molar-refractivity contribution in [3.05, 3.63) is 65.4 Å². The number of hydrogen-bond acceptors (Lipinski definition) is 4. The van der Waals surface area contributed by atoms with Gasteiger partial charge in [-0.25, -0.2) is 14.4 Å². The first-order valence-electron chi connectivity index (χ1n) is 7.64. The second-order valence-electron chi connectivity index (χ2n) is 5.35. The molecule has 0 atom stereocenters. The number of benzene rings is 1. The first-order valence-corrected chi connectivity index (χ1v) is 8.46. The van der Waals surface area contributed by atoms with Gasteiger partial charge in [-0.2, -0.15) is 0 Å². The fourth-order valence-electron chi connectivity index (χ4n) is 2.30.